The van der Waals surface area contributed by atoms with E-state index in [1.165, 1.54) is 32.1 Å². The molecule has 2 heteroatoms. The fourth-order valence-corrected chi connectivity index (χ4v) is 3.57. The summed E-state index contributed by atoms with van der Waals surface area (Å²) in [4.78, 5) is 12.5. The lowest BCUT2D eigenvalue weighted by Gasteiger charge is -2.30. The van der Waals surface area contributed by atoms with Crippen LogP contribution >= 0.6 is 0 Å². The zero-order valence-electron chi connectivity index (χ0n) is 11.2. The van der Waals surface area contributed by atoms with Gasteiger partial charge in [-0.1, -0.05) is 32.1 Å². The van der Waals surface area contributed by atoms with E-state index >= 15 is 0 Å². The molecule has 0 amide bonds. The van der Waals surface area contributed by atoms with E-state index in [-0.39, 0.29) is 5.60 Å². The molecule has 0 bridgehead atoms. The summed E-state index contributed by atoms with van der Waals surface area (Å²) < 4.78 is 5.84. The van der Waals surface area contributed by atoms with Crippen molar-refractivity contribution in [3.05, 3.63) is 0 Å². The Morgan fingerprint density at radius 2 is 1.76 bits per heavy atom. The van der Waals surface area contributed by atoms with Crippen LogP contribution in [0, 0.1) is 5.92 Å². The van der Waals surface area contributed by atoms with Gasteiger partial charge in [0.25, 0.3) is 0 Å². The van der Waals surface area contributed by atoms with Crippen LogP contribution in [-0.4, -0.2) is 18.0 Å². The molecule has 2 aliphatic carbocycles. The Labute approximate surface area is 105 Å². The largest absolute Gasteiger partial charge is 0.368 e. The van der Waals surface area contributed by atoms with Gasteiger partial charge in [0.05, 0.1) is 0 Å². The number of ketones is 1. The first-order valence-corrected chi connectivity index (χ1v) is 7.44. The highest BCUT2D eigenvalue weighted by atomic mass is 16.5. The Kier molecular flexibility index (Phi) is 4.61. The standard InChI is InChI=1S/C15H26O2/c1-2-17-15(10-6-7-11-15)14(16)12-13-8-4-3-5-9-13/h13H,2-12H2,1H3. The third kappa shape index (κ3) is 3.09. The molecule has 0 atom stereocenters. The van der Waals surface area contributed by atoms with Crippen molar-refractivity contribution in [2.24, 2.45) is 5.92 Å². The van der Waals surface area contributed by atoms with E-state index in [9.17, 15) is 4.79 Å². The molecular formula is C15H26O2. The van der Waals surface area contributed by atoms with Crippen LogP contribution in [0.4, 0.5) is 0 Å². The number of hydrogen-bond donors (Lipinski definition) is 0. The van der Waals surface area contributed by atoms with Gasteiger partial charge in [-0.25, -0.2) is 0 Å². The van der Waals surface area contributed by atoms with Gasteiger partial charge in [0.1, 0.15) is 5.60 Å². The topological polar surface area (TPSA) is 26.3 Å². The van der Waals surface area contributed by atoms with E-state index in [0.717, 1.165) is 32.1 Å². The molecule has 0 saturated heterocycles. The summed E-state index contributed by atoms with van der Waals surface area (Å²) in [5.74, 6) is 1.05. The smallest absolute Gasteiger partial charge is 0.164 e. The molecular weight excluding hydrogens is 212 g/mol. The first kappa shape index (κ1) is 13.1. The Morgan fingerprint density at radius 1 is 1.12 bits per heavy atom. The number of rotatable bonds is 5. The van der Waals surface area contributed by atoms with Gasteiger partial charge in [-0.2, -0.15) is 0 Å². The minimum Gasteiger partial charge on any atom is -0.368 e. The number of hydrogen-bond acceptors (Lipinski definition) is 2. The van der Waals surface area contributed by atoms with Crippen molar-refractivity contribution in [3.63, 3.8) is 0 Å². The van der Waals surface area contributed by atoms with Crippen LogP contribution in [0.5, 0.6) is 0 Å². The molecule has 0 aliphatic heterocycles. The average molecular weight is 238 g/mol. The third-order valence-corrected chi connectivity index (χ3v) is 4.54. The lowest BCUT2D eigenvalue weighted by atomic mass is 9.81. The minimum absolute atomic E-state index is 0.383. The maximum atomic E-state index is 12.5. The van der Waals surface area contributed by atoms with E-state index in [0.29, 0.717) is 18.3 Å². The Bertz CT molecular complexity index is 248. The normalized spacial score (nSPS) is 25.0. The highest BCUT2D eigenvalue weighted by molar-refractivity contribution is 5.87. The molecule has 2 fully saturated rings. The molecule has 2 saturated carbocycles. The maximum absolute atomic E-state index is 12.5. The molecule has 0 heterocycles. The first-order valence-electron chi connectivity index (χ1n) is 7.44. The molecule has 0 radical (unpaired) electrons. The number of carbonyl (C=O) groups excluding carboxylic acids is 1. The lowest BCUT2D eigenvalue weighted by molar-refractivity contribution is -0.144. The van der Waals surface area contributed by atoms with Gasteiger partial charge in [0, 0.05) is 13.0 Å². The number of Topliss-reactive ketones (excluding diaryl/α,β-unsaturated/α-hetero) is 1. The van der Waals surface area contributed by atoms with E-state index < -0.39 is 0 Å². The van der Waals surface area contributed by atoms with Crippen LogP contribution in [0.25, 0.3) is 0 Å². The summed E-state index contributed by atoms with van der Waals surface area (Å²) in [6.07, 6.45) is 11.5. The van der Waals surface area contributed by atoms with Gasteiger partial charge < -0.3 is 4.74 Å². The highest BCUT2D eigenvalue weighted by Crippen LogP contribution is 2.37. The van der Waals surface area contributed by atoms with Crippen LogP contribution in [0.2, 0.25) is 0 Å². The molecule has 0 aromatic heterocycles. The van der Waals surface area contributed by atoms with Crippen LogP contribution < -0.4 is 0 Å². The number of carbonyl (C=O) groups is 1. The quantitative estimate of drug-likeness (QED) is 0.726. The van der Waals surface area contributed by atoms with Gasteiger partial charge in [-0.3, -0.25) is 4.79 Å². The van der Waals surface area contributed by atoms with E-state index in [4.69, 9.17) is 4.74 Å². The molecule has 17 heavy (non-hydrogen) atoms. The Hall–Kier alpha value is -0.370. The molecule has 2 rings (SSSR count). The third-order valence-electron chi connectivity index (χ3n) is 4.54. The SMILES string of the molecule is CCOC1(C(=O)CC2CCCCC2)CCCC1. The minimum atomic E-state index is -0.383. The van der Waals surface area contributed by atoms with Gasteiger partial charge in [-0.05, 0) is 38.5 Å². The molecule has 0 spiro atoms. The van der Waals surface area contributed by atoms with Crippen LogP contribution in [-0.2, 0) is 9.53 Å². The van der Waals surface area contributed by atoms with E-state index in [2.05, 4.69) is 0 Å². The second-order valence-electron chi connectivity index (χ2n) is 5.77. The second-order valence-corrected chi connectivity index (χ2v) is 5.77. The summed E-state index contributed by atoms with van der Waals surface area (Å²) in [5.41, 5.74) is -0.383. The molecule has 0 aromatic carbocycles. The predicted octanol–water partition coefficient (Wildman–Crippen LogP) is 3.88. The molecule has 0 N–H and O–H groups in total. The summed E-state index contributed by atoms with van der Waals surface area (Å²) in [5, 5.41) is 0. The first-order chi connectivity index (χ1) is 8.27. The van der Waals surface area contributed by atoms with Crippen molar-refractivity contribution in [3.8, 4) is 0 Å². The van der Waals surface area contributed by atoms with E-state index in [1.807, 2.05) is 6.92 Å². The fraction of sp³-hybridized carbons (Fsp3) is 0.933. The predicted molar refractivity (Wildman–Crippen MR) is 69.0 cm³/mol. The van der Waals surface area contributed by atoms with Crippen molar-refractivity contribution in [1.82, 2.24) is 0 Å². The van der Waals surface area contributed by atoms with Gasteiger partial charge in [0.15, 0.2) is 5.78 Å². The molecule has 98 valence electrons. The lowest BCUT2D eigenvalue weighted by Crippen LogP contribution is -2.40. The summed E-state index contributed by atoms with van der Waals surface area (Å²) in [6, 6.07) is 0. The molecule has 0 aromatic rings. The van der Waals surface area contributed by atoms with Crippen molar-refractivity contribution in [2.45, 2.75) is 76.7 Å². The molecule has 2 aliphatic rings. The van der Waals surface area contributed by atoms with Crippen LogP contribution in [0.1, 0.15) is 71.1 Å². The average Bonchev–Trinajstić information content (AvgIpc) is 2.81. The highest BCUT2D eigenvalue weighted by Gasteiger charge is 2.41. The fourth-order valence-electron chi connectivity index (χ4n) is 3.57. The molecule has 0 unspecified atom stereocenters. The van der Waals surface area contributed by atoms with E-state index in [1.54, 1.807) is 0 Å². The monoisotopic (exact) mass is 238 g/mol. The van der Waals surface area contributed by atoms with Gasteiger partial charge >= 0.3 is 0 Å². The Balaban J connectivity index is 1.91. The summed E-state index contributed by atoms with van der Waals surface area (Å²) >= 11 is 0. The zero-order valence-corrected chi connectivity index (χ0v) is 11.2. The molecule has 2 nitrogen and oxygen atoms in total. The Morgan fingerprint density at radius 3 is 2.35 bits per heavy atom. The zero-order chi connectivity index (χ0) is 12.1. The van der Waals surface area contributed by atoms with Crippen LogP contribution in [0.15, 0.2) is 0 Å². The van der Waals surface area contributed by atoms with Gasteiger partial charge in [0.2, 0.25) is 0 Å². The van der Waals surface area contributed by atoms with Crippen molar-refractivity contribution in [1.29, 1.82) is 0 Å². The van der Waals surface area contributed by atoms with Crippen molar-refractivity contribution in [2.75, 3.05) is 6.61 Å². The maximum Gasteiger partial charge on any atom is 0.164 e. The van der Waals surface area contributed by atoms with Crippen LogP contribution in [0.3, 0.4) is 0 Å². The summed E-state index contributed by atoms with van der Waals surface area (Å²) in [7, 11) is 0. The summed E-state index contributed by atoms with van der Waals surface area (Å²) in [6.45, 7) is 2.68. The number of ether oxygens (including phenoxy) is 1. The van der Waals surface area contributed by atoms with Gasteiger partial charge in [-0.15, -0.1) is 0 Å². The second kappa shape index (κ2) is 5.99. The van der Waals surface area contributed by atoms with Crippen molar-refractivity contribution >= 4 is 5.78 Å². The van der Waals surface area contributed by atoms with Crippen molar-refractivity contribution < 1.29 is 9.53 Å².